The standard InChI is InChI=1S/C21H36O4/c1-4-5-12-17(13-8-6-7-11-16(2)3)25-21(24)19-15-10-9-14-18(19)20(22)23/h10,15-19H,4-9,11-14H2,1-3H3,(H,22,23). The fraction of sp³-hybridized carbons (Fsp3) is 0.810. The molecule has 0 heterocycles. The van der Waals surface area contributed by atoms with Crippen LogP contribution in [0.4, 0.5) is 0 Å². The Kier molecular flexibility index (Phi) is 10.5. The maximum atomic E-state index is 12.5. The molecule has 0 amide bonds. The van der Waals surface area contributed by atoms with E-state index < -0.39 is 17.8 Å². The van der Waals surface area contributed by atoms with Crippen molar-refractivity contribution in [2.45, 2.75) is 91.1 Å². The summed E-state index contributed by atoms with van der Waals surface area (Å²) in [4.78, 5) is 23.9. The predicted molar refractivity (Wildman–Crippen MR) is 100 cm³/mol. The third-order valence-electron chi connectivity index (χ3n) is 4.98. The van der Waals surface area contributed by atoms with E-state index in [0.29, 0.717) is 6.42 Å². The number of ether oxygens (including phenoxy) is 1. The number of carboxylic acids is 1. The first kappa shape index (κ1) is 21.7. The minimum absolute atomic E-state index is 0.0729. The van der Waals surface area contributed by atoms with Gasteiger partial charge in [0.1, 0.15) is 6.10 Å². The molecule has 0 spiro atoms. The molecular weight excluding hydrogens is 316 g/mol. The minimum Gasteiger partial charge on any atom is -0.481 e. The summed E-state index contributed by atoms with van der Waals surface area (Å²) in [5.74, 6) is -1.79. The number of unbranched alkanes of at least 4 members (excludes halogenated alkanes) is 3. The Bertz CT molecular complexity index is 428. The molecule has 1 N–H and O–H groups in total. The molecule has 4 nitrogen and oxygen atoms in total. The first-order valence-electron chi connectivity index (χ1n) is 10.1. The Balaban J connectivity index is 2.51. The summed E-state index contributed by atoms with van der Waals surface area (Å²) in [5, 5.41) is 9.34. The maximum Gasteiger partial charge on any atom is 0.313 e. The molecule has 0 aromatic carbocycles. The Morgan fingerprint density at radius 2 is 1.80 bits per heavy atom. The summed E-state index contributed by atoms with van der Waals surface area (Å²) in [5.41, 5.74) is 0. The zero-order valence-corrected chi connectivity index (χ0v) is 16.2. The maximum absolute atomic E-state index is 12.5. The number of carbonyl (C=O) groups excluding carboxylic acids is 1. The fourth-order valence-corrected chi connectivity index (χ4v) is 3.39. The van der Waals surface area contributed by atoms with Gasteiger partial charge in [-0.2, -0.15) is 0 Å². The lowest BCUT2D eigenvalue weighted by molar-refractivity contribution is -0.160. The normalized spacial score (nSPS) is 21.3. The van der Waals surface area contributed by atoms with Crippen LogP contribution in [0.5, 0.6) is 0 Å². The molecule has 0 radical (unpaired) electrons. The van der Waals surface area contributed by atoms with Crippen molar-refractivity contribution in [2.24, 2.45) is 17.8 Å². The number of carboxylic acid groups (broad SMARTS) is 1. The second-order valence-corrected chi connectivity index (χ2v) is 7.71. The fourth-order valence-electron chi connectivity index (χ4n) is 3.39. The van der Waals surface area contributed by atoms with E-state index in [1.165, 1.54) is 19.3 Å². The molecule has 3 unspecified atom stereocenters. The van der Waals surface area contributed by atoms with Crippen molar-refractivity contribution in [1.29, 1.82) is 0 Å². The molecule has 0 saturated heterocycles. The zero-order chi connectivity index (χ0) is 18.7. The lowest BCUT2D eigenvalue weighted by Crippen LogP contribution is -2.33. The van der Waals surface area contributed by atoms with E-state index >= 15 is 0 Å². The molecule has 4 heteroatoms. The molecule has 1 aliphatic carbocycles. The number of hydrogen-bond donors (Lipinski definition) is 1. The summed E-state index contributed by atoms with van der Waals surface area (Å²) in [6, 6.07) is 0. The van der Waals surface area contributed by atoms with Gasteiger partial charge >= 0.3 is 11.9 Å². The van der Waals surface area contributed by atoms with Crippen LogP contribution >= 0.6 is 0 Å². The van der Waals surface area contributed by atoms with Crippen LogP contribution in [0.3, 0.4) is 0 Å². The zero-order valence-electron chi connectivity index (χ0n) is 16.2. The van der Waals surface area contributed by atoms with Crippen LogP contribution in [0.1, 0.15) is 85.0 Å². The third kappa shape index (κ3) is 8.55. The number of aliphatic carboxylic acids is 1. The number of carbonyl (C=O) groups is 2. The molecule has 0 aromatic heterocycles. The first-order chi connectivity index (χ1) is 12.0. The van der Waals surface area contributed by atoms with Gasteiger partial charge in [0.25, 0.3) is 0 Å². The van der Waals surface area contributed by atoms with Crippen molar-refractivity contribution in [3.8, 4) is 0 Å². The molecule has 3 atom stereocenters. The van der Waals surface area contributed by atoms with Gasteiger partial charge in [-0.25, -0.2) is 0 Å². The Labute approximate surface area is 153 Å². The van der Waals surface area contributed by atoms with Crippen molar-refractivity contribution >= 4 is 11.9 Å². The first-order valence-corrected chi connectivity index (χ1v) is 10.1. The monoisotopic (exact) mass is 352 g/mol. The highest BCUT2D eigenvalue weighted by atomic mass is 16.5. The lowest BCUT2D eigenvalue weighted by atomic mass is 9.84. The minimum atomic E-state index is -0.898. The highest BCUT2D eigenvalue weighted by molar-refractivity contribution is 5.83. The molecule has 1 aliphatic rings. The number of allylic oxidation sites excluding steroid dienone is 1. The summed E-state index contributed by atoms with van der Waals surface area (Å²) in [6.45, 7) is 6.61. The molecule has 0 saturated carbocycles. The van der Waals surface area contributed by atoms with E-state index in [1.54, 1.807) is 6.08 Å². The number of esters is 1. The molecule has 0 aromatic rings. The van der Waals surface area contributed by atoms with Crippen LogP contribution < -0.4 is 0 Å². The topological polar surface area (TPSA) is 63.6 Å². The van der Waals surface area contributed by atoms with Crippen LogP contribution in [0.2, 0.25) is 0 Å². The van der Waals surface area contributed by atoms with Gasteiger partial charge in [-0.1, -0.05) is 65.0 Å². The largest absolute Gasteiger partial charge is 0.481 e. The summed E-state index contributed by atoms with van der Waals surface area (Å²) in [7, 11) is 0. The molecule has 25 heavy (non-hydrogen) atoms. The summed E-state index contributed by atoms with van der Waals surface area (Å²) < 4.78 is 5.75. The highest BCUT2D eigenvalue weighted by Crippen LogP contribution is 2.27. The molecule has 0 bridgehead atoms. The highest BCUT2D eigenvalue weighted by Gasteiger charge is 2.35. The van der Waals surface area contributed by atoms with Gasteiger partial charge in [-0.05, 0) is 38.0 Å². The smallest absolute Gasteiger partial charge is 0.313 e. The van der Waals surface area contributed by atoms with Gasteiger partial charge in [0.05, 0.1) is 11.8 Å². The van der Waals surface area contributed by atoms with Crippen molar-refractivity contribution in [2.75, 3.05) is 0 Å². The Hall–Kier alpha value is -1.32. The molecule has 0 aliphatic heterocycles. The molecule has 0 fully saturated rings. The Morgan fingerprint density at radius 1 is 1.12 bits per heavy atom. The number of rotatable bonds is 12. The molecular formula is C21H36O4. The van der Waals surface area contributed by atoms with E-state index in [9.17, 15) is 14.7 Å². The second kappa shape index (κ2) is 12.1. The van der Waals surface area contributed by atoms with Crippen LogP contribution in [0.15, 0.2) is 12.2 Å². The van der Waals surface area contributed by atoms with Crippen LogP contribution in [0, 0.1) is 17.8 Å². The second-order valence-electron chi connectivity index (χ2n) is 7.71. The van der Waals surface area contributed by atoms with Crippen LogP contribution in [-0.2, 0) is 14.3 Å². The van der Waals surface area contributed by atoms with E-state index in [2.05, 4.69) is 20.8 Å². The van der Waals surface area contributed by atoms with Crippen molar-refractivity contribution < 1.29 is 19.4 Å². The van der Waals surface area contributed by atoms with Gasteiger partial charge in [0, 0.05) is 0 Å². The number of hydrogen-bond acceptors (Lipinski definition) is 3. The van der Waals surface area contributed by atoms with E-state index in [-0.39, 0.29) is 12.1 Å². The van der Waals surface area contributed by atoms with E-state index in [4.69, 9.17) is 4.74 Å². The van der Waals surface area contributed by atoms with Crippen LogP contribution in [0.25, 0.3) is 0 Å². The van der Waals surface area contributed by atoms with Gasteiger partial charge < -0.3 is 9.84 Å². The Morgan fingerprint density at radius 3 is 2.44 bits per heavy atom. The van der Waals surface area contributed by atoms with Gasteiger partial charge in [-0.3, -0.25) is 9.59 Å². The average Bonchev–Trinajstić information content (AvgIpc) is 2.58. The summed E-state index contributed by atoms with van der Waals surface area (Å²) >= 11 is 0. The quantitative estimate of drug-likeness (QED) is 0.292. The summed E-state index contributed by atoms with van der Waals surface area (Å²) in [6.07, 6.45) is 13.4. The predicted octanol–water partition coefficient (Wildman–Crippen LogP) is 5.36. The van der Waals surface area contributed by atoms with E-state index in [1.807, 2.05) is 6.08 Å². The van der Waals surface area contributed by atoms with Crippen LogP contribution in [-0.4, -0.2) is 23.1 Å². The molecule has 1 rings (SSSR count). The lowest BCUT2D eigenvalue weighted by Gasteiger charge is -2.25. The molecule has 144 valence electrons. The van der Waals surface area contributed by atoms with Crippen molar-refractivity contribution in [3.63, 3.8) is 0 Å². The average molecular weight is 353 g/mol. The van der Waals surface area contributed by atoms with Crippen molar-refractivity contribution in [3.05, 3.63) is 12.2 Å². The SMILES string of the molecule is CCCCC(CCCCCC(C)C)OC(=O)C1C=CCCC1C(=O)O. The van der Waals surface area contributed by atoms with Crippen molar-refractivity contribution in [1.82, 2.24) is 0 Å². The van der Waals surface area contributed by atoms with E-state index in [0.717, 1.165) is 44.4 Å². The third-order valence-corrected chi connectivity index (χ3v) is 4.98. The van der Waals surface area contributed by atoms with Gasteiger partial charge in [0.2, 0.25) is 0 Å². The van der Waals surface area contributed by atoms with Gasteiger partial charge in [-0.15, -0.1) is 0 Å². The van der Waals surface area contributed by atoms with Gasteiger partial charge in [0.15, 0.2) is 0 Å².